The Labute approximate surface area is 174 Å². The zero-order valence-corrected chi connectivity index (χ0v) is 16.8. The van der Waals surface area contributed by atoms with E-state index in [1.54, 1.807) is 6.07 Å². The fraction of sp³-hybridized carbons (Fsp3) is 0.0625. The van der Waals surface area contributed by atoms with Gasteiger partial charge in [-0.25, -0.2) is 27.8 Å². The lowest BCUT2D eigenvalue weighted by Gasteiger charge is -2.11. The molecule has 0 N–H and O–H groups in total. The van der Waals surface area contributed by atoms with E-state index in [2.05, 4.69) is 19.9 Å². The van der Waals surface area contributed by atoms with Gasteiger partial charge in [-0.15, -0.1) is 0 Å². The summed E-state index contributed by atoms with van der Waals surface area (Å²) >= 11 is 16.6. The zero-order valence-electron chi connectivity index (χ0n) is 13.7. The number of rotatable bonds is 3. The molecule has 0 aliphatic carbocycles. The van der Waals surface area contributed by atoms with Crippen LogP contribution in [0.3, 0.4) is 0 Å². The van der Waals surface area contributed by atoms with Gasteiger partial charge in [0.05, 0.1) is 11.0 Å². The van der Waals surface area contributed by atoms with Gasteiger partial charge >= 0.3 is 0 Å². The van der Waals surface area contributed by atoms with E-state index in [1.807, 2.05) is 0 Å². The molecule has 0 aliphatic heterocycles. The number of hydrogen-bond donors (Lipinski definition) is 0. The highest BCUT2D eigenvalue weighted by atomic mass is 35.5. The normalized spacial score (nSPS) is 11.7. The Bertz CT molecular complexity index is 1090. The minimum atomic E-state index is -4.06. The number of aromatic nitrogens is 4. The molecular formula is C16H9Cl3FN5O2S. The number of halogens is 4. The molecule has 1 atom stereocenters. The quantitative estimate of drug-likeness (QED) is 0.541. The van der Waals surface area contributed by atoms with Crippen molar-refractivity contribution in [2.45, 2.75) is 10.1 Å². The Morgan fingerprint density at radius 2 is 1.32 bits per heavy atom. The largest absolute Gasteiger partial charge is 0.254 e. The van der Waals surface area contributed by atoms with Crippen LogP contribution < -0.4 is 0 Å². The summed E-state index contributed by atoms with van der Waals surface area (Å²) in [5.74, 6) is -0.574. The molecule has 3 rings (SSSR count). The molecule has 3 aromatic rings. The topological polar surface area (TPSA) is 109 Å². The summed E-state index contributed by atoms with van der Waals surface area (Å²) in [5.41, 5.74) is -0.152. The Morgan fingerprint density at radius 3 is 1.75 bits per heavy atom. The average molecular weight is 461 g/mol. The van der Waals surface area contributed by atoms with Crippen molar-refractivity contribution in [1.29, 1.82) is 5.26 Å². The van der Waals surface area contributed by atoms with Gasteiger partial charge in [0.1, 0.15) is 11.5 Å². The fourth-order valence-electron chi connectivity index (χ4n) is 1.85. The van der Waals surface area contributed by atoms with Crippen LogP contribution in [0.1, 0.15) is 10.9 Å². The van der Waals surface area contributed by atoms with E-state index < -0.39 is 20.9 Å². The molecule has 0 bridgehead atoms. The van der Waals surface area contributed by atoms with Crippen LogP contribution in [0.4, 0.5) is 4.39 Å². The van der Waals surface area contributed by atoms with E-state index in [9.17, 15) is 12.8 Å². The Morgan fingerprint density at radius 1 is 0.857 bits per heavy atom. The molecule has 28 heavy (non-hydrogen) atoms. The van der Waals surface area contributed by atoms with Gasteiger partial charge < -0.3 is 0 Å². The first-order chi connectivity index (χ1) is 13.3. The molecule has 1 unspecified atom stereocenters. The number of nitriles is 1. The van der Waals surface area contributed by atoms with Gasteiger partial charge in [0.25, 0.3) is 0 Å². The summed E-state index contributed by atoms with van der Waals surface area (Å²) < 4.78 is 37.6. The monoisotopic (exact) mass is 459 g/mol. The van der Waals surface area contributed by atoms with E-state index >= 15 is 0 Å². The molecule has 0 fully saturated rings. The van der Waals surface area contributed by atoms with Crippen molar-refractivity contribution in [3.05, 3.63) is 76.0 Å². The maximum Gasteiger partial charge on any atom is 0.200 e. The molecule has 12 heteroatoms. The van der Waals surface area contributed by atoms with Gasteiger partial charge in [0.15, 0.2) is 20.7 Å². The Hall–Kier alpha value is -2.38. The highest BCUT2D eigenvalue weighted by Gasteiger charge is 2.32. The molecular weight excluding hydrogens is 452 g/mol. The summed E-state index contributed by atoms with van der Waals surface area (Å²) in [5, 5.41) is 7.85. The second kappa shape index (κ2) is 9.71. The third kappa shape index (κ3) is 5.33. The molecule has 0 radical (unpaired) electrons. The predicted octanol–water partition coefficient (Wildman–Crippen LogP) is 4.09. The van der Waals surface area contributed by atoms with E-state index in [-0.39, 0.29) is 26.0 Å². The highest BCUT2D eigenvalue weighted by Crippen LogP contribution is 2.30. The average Bonchev–Trinajstić information content (AvgIpc) is 2.67. The molecule has 1 aromatic carbocycles. The number of benzene rings is 1. The van der Waals surface area contributed by atoms with Crippen molar-refractivity contribution in [1.82, 2.24) is 19.9 Å². The number of sulfone groups is 1. The first kappa shape index (κ1) is 21.9. The third-order valence-electron chi connectivity index (χ3n) is 3.11. The van der Waals surface area contributed by atoms with Crippen LogP contribution in [0, 0.1) is 17.1 Å². The fourth-order valence-corrected chi connectivity index (χ4v) is 3.73. The zero-order chi connectivity index (χ0) is 20.7. The first-order valence-corrected chi connectivity index (χ1v) is 9.93. The lowest BCUT2D eigenvalue weighted by atomic mass is 10.3. The molecule has 0 aliphatic rings. The predicted molar refractivity (Wildman–Crippen MR) is 101 cm³/mol. The Balaban J connectivity index is 0.000000292. The van der Waals surface area contributed by atoms with Gasteiger partial charge in [-0.3, -0.25) is 4.98 Å². The maximum absolute atomic E-state index is 12.8. The van der Waals surface area contributed by atoms with Crippen LogP contribution in [0.5, 0.6) is 0 Å². The summed E-state index contributed by atoms with van der Waals surface area (Å²) in [4.78, 5) is 14.6. The number of nitrogens with zero attached hydrogens (tertiary/aromatic N) is 5. The molecule has 2 aromatic heterocycles. The van der Waals surface area contributed by atoms with Crippen LogP contribution in [-0.4, -0.2) is 28.4 Å². The molecule has 0 saturated carbocycles. The van der Waals surface area contributed by atoms with Gasteiger partial charge in [-0.2, -0.15) is 5.26 Å². The minimum Gasteiger partial charge on any atom is -0.254 e. The van der Waals surface area contributed by atoms with Crippen LogP contribution in [0.25, 0.3) is 0 Å². The summed E-state index contributed by atoms with van der Waals surface area (Å²) in [6.45, 7) is 0. The van der Waals surface area contributed by atoms with E-state index in [1.165, 1.54) is 24.8 Å². The maximum atomic E-state index is 12.8. The van der Waals surface area contributed by atoms with Crippen molar-refractivity contribution in [3.8, 4) is 6.07 Å². The van der Waals surface area contributed by atoms with Crippen molar-refractivity contribution >= 4 is 44.6 Å². The van der Waals surface area contributed by atoms with Crippen molar-refractivity contribution < 1.29 is 12.8 Å². The summed E-state index contributed by atoms with van der Waals surface area (Å²) in [6.07, 6.45) is 5.49. The van der Waals surface area contributed by atoms with Crippen molar-refractivity contribution in [3.63, 3.8) is 0 Å². The van der Waals surface area contributed by atoms with Crippen LogP contribution in [-0.2, 0) is 9.84 Å². The first-order valence-electron chi connectivity index (χ1n) is 7.25. The van der Waals surface area contributed by atoms with Crippen LogP contribution in [0.15, 0.2) is 53.9 Å². The third-order valence-corrected chi connectivity index (χ3v) is 5.93. The lowest BCUT2D eigenvalue weighted by molar-refractivity contribution is 0.589. The van der Waals surface area contributed by atoms with Gasteiger partial charge in [0.2, 0.25) is 9.84 Å². The minimum absolute atomic E-state index is 0.152. The van der Waals surface area contributed by atoms with Gasteiger partial charge in [0, 0.05) is 24.8 Å². The molecule has 144 valence electrons. The number of hydrogen-bond acceptors (Lipinski definition) is 7. The lowest BCUT2D eigenvalue weighted by Crippen LogP contribution is -2.14. The molecule has 0 amide bonds. The van der Waals surface area contributed by atoms with E-state index in [4.69, 9.17) is 40.1 Å². The smallest absolute Gasteiger partial charge is 0.200 e. The SMILES string of the molecule is Clc1nccnc1Cl.N#CC(c1nccnc1Cl)S(=O)(=O)c1ccc(F)cc1. The molecule has 7 nitrogen and oxygen atoms in total. The molecule has 2 heterocycles. The van der Waals surface area contributed by atoms with Gasteiger partial charge in [-0.1, -0.05) is 34.8 Å². The molecule has 0 spiro atoms. The Kier molecular flexibility index (Phi) is 7.60. The van der Waals surface area contributed by atoms with E-state index in [0.717, 1.165) is 24.3 Å². The van der Waals surface area contributed by atoms with Gasteiger partial charge in [-0.05, 0) is 24.3 Å². The summed E-state index contributed by atoms with van der Waals surface area (Å²) in [7, 11) is -4.06. The standard InChI is InChI=1S/C12H7ClFN3O2S.C4H2Cl2N2/c13-12-11(16-5-6-17-12)10(7-15)20(18,19)9-3-1-8(14)2-4-9;5-3-4(6)8-2-1-7-3/h1-6,10H;1-2H. The second-order valence-electron chi connectivity index (χ2n) is 4.88. The summed E-state index contributed by atoms with van der Waals surface area (Å²) in [6, 6.07) is 5.81. The van der Waals surface area contributed by atoms with Crippen molar-refractivity contribution in [2.24, 2.45) is 0 Å². The second-order valence-corrected chi connectivity index (χ2v) is 7.99. The highest BCUT2D eigenvalue weighted by molar-refractivity contribution is 7.92. The van der Waals surface area contributed by atoms with Crippen molar-refractivity contribution in [2.75, 3.05) is 0 Å². The van der Waals surface area contributed by atoms with Crippen LogP contribution in [0.2, 0.25) is 15.5 Å². The van der Waals surface area contributed by atoms with E-state index in [0.29, 0.717) is 0 Å². The molecule has 0 saturated heterocycles. The van der Waals surface area contributed by atoms with Crippen LogP contribution >= 0.6 is 34.8 Å².